The molecule has 2 fully saturated rings. The molecule has 1 saturated heterocycles. The van der Waals surface area contributed by atoms with Gasteiger partial charge in [0.15, 0.2) is 0 Å². The van der Waals surface area contributed by atoms with Gasteiger partial charge in [0.2, 0.25) is 0 Å². The monoisotopic (exact) mass is 333 g/mol. The minimum absolute atomic E-state index is 0.0235. The Hall–Kier alpha value is -2.82. The fraction of sp³-hybridized carbons (Fsp3) is 0.300. The van der Waals surface area contributed by atoms with Crippen molar-refractivity contribution in [2.45, 2.75) is 25.7 Å². The van der Waals surface area contributed by atoms with Gasteiger partial charge in [-0.15, -0.1) is 0 Å². The fourth-order valence-corrected chi connectivity index (χ4v) is 3.67. The lowest BCUT2D eigenvalue weighted by molar-refractivity contribution is 0.256. The third-order valence-corrected chi connectivity index (χ3v) is 5.21. The Morgan fingerprint density at radius 3 is 2.84 bits per heavy atom. The highest BCUT2D eigenvalue weighted by Gasteiger charge is 2.35. The Bertz CT molecular complexity index is 974. The molecule has 5 nitrogen and oxygen atoms in total. The lowest BCUT2D eigenvalue weighted by Gasteiger charge is -2.21. The van der Waals surface area contributed by atoms with Crippen LogP contribution < -0.4 is 9.80 Å². The molecule has 1 aromatic carbocycles. The number of aryl methyl sites for hydroxylation is 1. The fourth-order valence-electron chi connectivity index (χ4n) is 3.67. The zero-order chi connectivity index (χ0) is 17.0. The van der Waals surface area contributed by atoms with Crippen LogP contribution in [0.25, 0.3) is 11.0 Å². The summed E-state index contributed by atoms with van der Waals surface area (Å²) in [5.41, 5.74) is 5.09. The Balaban J connectivity index is 1.49. The number of hydrogen-bond donors (Lipinski definition) is 0. The van der Waals surface area contributed by atoms with Crippen molar-refractivity contribution >= 4 is 28.4 Å². The van der Waals surface area contributed by atoms with Gasteiger partial charge in [-0.1, -0.05) is 0 Å². The summed E-state index contributed by atoms with van der Waals surface area (Å²) in [6, 6.07) is 8.02. The Morgan fingerprint density at radius 2 is 2.00 bits per heavy atom. The SMILES string of the molecule is Cc1coc2ccc(N3CCN(c4cnccc4C4CC4)C3=O)cc12. The first kappa shape index (κ1) is 14.5. The number of anilines is 2. The highest BCUT2D eigenvalue weighted by atomic mass is 16.3. The molecule has 2 aromatic heterocycles. The van der Waals surface area contributed by atoms with Gasteiger partial charge < -0.3 is 4.42 Å². The van der Waals surface area contributed by atoms with Gasteiger partial charge in [-0.3, -0.25) is 14.8 Å². The van der Waals surface area contributed by atoms with Crippen LogP contribution in [-0.4, -0.2) is 24.1 Å². The molecule has 2 amide bonds. The van der Waals surface area contributed by atoms with Gasteiger partial charge >= 0.3 is 6.03 Å². The van der Waals surface area contributed by atoms with E-state index in [-0.39, 0.29) is 6.03 Å². The zero-order valence-electron chi connectivity index (χ0n) is 14.1. The lowest BCUT2D eigenvalue weighted by Crippen LogP contribution is -2.32. The molecule has 0 unspecified atom stereocenters. The number of nitrogens with zero attached hydrogens (tertiary/aromatic N) is 3. The maximum atomic E-state index is 13.1. The number of aromatic nitrogens is 1. The third kappa shape index (κ3) is 2.30. The van der Waals surface area contributed by atoms with E-state index in [4.69, 9.17) is 4.42 Å². The van der Waals surface area contributed by atoms with E-state index in [1.807, 2.05) is 47.3 Å². The molecule has 1 aliphatic heterocycles. The summed E-state index contributed by atoms with van der Waals surface area (Å²) in [6.07, 6.45) is 7.83. The van der Waals surface area contributed by atoms with Gasteiger partial charge in [-0.05, 0) is 61.1 Å². The molecule has 5 heteroatoms. The molecule has 25 heavy (non-hydrogen) atoms. The largest absolute Gasteiger partial charge is 0.464 e. The second-order valence-electron chi connectivity index (χ2n) is 6.89. The average Bonchev–Trinajstić information content (AvgIpc) is 3.33. The van der Waals surface area contributed by atoms with Crippen LogP contribution in [0.2, 0.25) is 0 Å². The number of fused-ring (bicyclic) bond motifs is 1. The van der Waals surface area contributed by atoms with Crippen LogP contribution in [0.15, 0.2) is 47.3 Å². The number of pyridine rings is 1. The van der Waals surface area contributed by atoms with Gasteiger partial charge in [0, 0.05) is 30.4 Å². The first-order chi connectivity index (χ1) is 12.2. The smallest absolute Gasteiger partial charge is 0.329 e. The molecule has 5 rings (SSSR count). The molecule has 2 aliphatic rings. The second-order valence-corrected chi connectivity index (χ2v) is 6.89. The minimum Gasteiger partial charge on any atom is -0.464 e. The van der Waals surface area contributed by atoms with E-state index in [1.165, 1.54) is 18.4 Å². The molecule has 1 aliphatic carbocycles. The minimum atomic E-state index is 0.0235. The average molecular weight is 333 g/mol. The molecule has 0 radical (unpaired) electrons. The first-order valence-electron chi connectivity index (χ1n) is 8.73. The predicted octanol–water partition coefficient (Wildman–Crippen LogP) is 4.46. The summed E-state index contributed by atoms with van der Waals surface area (Å²) >= 11 is 0. The summed E-state index contributed by atoms with van der Waals surface area (Å²) in [7, 11) is 0. The number of amides is 2. The summed E-state index contributed by atoms with van der Waals surface area (Å²) in [5.74, 6) is 0.588. The summed E-state index contributed by atoms with van der Waals surface area (Å²) in [4.78, 5) is 21.0. The Labute approximate surface area is 145 Å². The molecule has 126 valence electrons. The van der Waals surface area contributed by atoms with Gasteiger partial charge in [0.05, 0.1) is 18.1 Å². The van der Waals surface area contributed by atoms with E-state index in [2.05, 4.69) is 11.1 Å². The van der Waals surface area contributed by atoms with Crippen molar-refractivity contribution < 1.29 is 9.21 Å². The van der Waals surface area contributed by atoms with E-state index >= 15 is 0 Å². The maximum absolute atomic E-state index is 13.1. The molecule has 0 bridgehead atoms. The van der Waals surface area contributed by atoms with E-state index < -0.39 is 0 Å². The van der Waals surface area contributed by atoms with Crippen LogP contribution in [0.4, 0.5) is 16.2 Å². The number of urea groups is 1. The van der Waals surface area contributed by atoms with Crippen molar-refractivity contribution in [2.75, 3.05) is 22.9 Å². The third-order valence-electron chi connectivity index (χ3n) is 5.21. The molecule has 3 aromatic rings. The summed E-state index contributed by atoms with van der Waals surface area (Å²) < 4.78 is 5.51. The molecule has 0 N–H and O–H groups in total. The van der Waals surface area contributed by atoms with Crippen molar-refractivity contribution in [2.24, 2.45) is 0 Å². The molecular weight excluding hydrogens is 314 g/mol. The van der Waals surface area contributed by atoms with Crippen molar-refractivity contribution in [3.63, 3.8) is 0 Å². The molecule has 1 saturated carbocycles. The first-order valence-corrected chi connectivity index (χ1v) is 8.73. The lowest BCUT2D eigenvalue weighted by atomic mass is 10.1. The number of furan rings is 1. The van der Waals surface area contributed by atoms with E-state index in [0.717, 1.165) is 27.9 Å². The Kier molecular flexibility index (Phi) is 3.10. The summed E-state index contributed by atoms with van der Waals surface area (Å²) in [5, 5.41) is 1.06. The molecule has 3 heterocycles. The van der Waals surface area contributed by atoms with Gasteiger partial charge in [0.1, 0.15) is 5.58 Å². The quantitative estimate of drug-likeness (QED) is 0.711. The van der Waals surface area contributed by atoms with Crippen molar-refractivity contribution in [1.29, 1.82) is 0 Å². The number of carbonyl (C=O) groups is 1. The van der Waals surface area contributed by atoms with Crippen molar-refractivity contribution in [3.05, 3.63) is 54.0 Å². The van der Waals surface area contributed by atoms with Crippen molar-refractivity contribution in [1.82, 2.24) is 4.98 Å². The normalized spacial score (nSPS) is 17.7. The number of rotatable bonds is 3. The van der Waals surface area contributed by atoms with Crippen LogP contribution in [0.1, 0.15) is 29.9 Å². The van der Waals surface area contributed by atoms with Crippen molar-refractivity contribution in [3.8, 4) is 0 Å². The second kappa shape index (κ2) is 5.34. The van der Waals surface area contributed by atoms with Gasteiger partial charge in [-0.2, -0.15) is 0 Å². The van der Waals surface area contributed by atoms with E-state index in [9.17, 15) is 4.79 Å². The van der Waals surface area contributed by atoms with Crippen LogP contribution >= 0.6 is 0 Å². The van der Waals surface area contributed by atoms with Crippen LogP contribution in [0.5, 0.6) is 0 Å². The summed E-state index contributed by atoms with van der Waals surface area (Å²) in [6.45, 7) is 3.39. The zero-order valence-corrected chi connectivity index (χ0v) is 14.1. The van der Waals surface area contributed by atoms with E-state index in [0.29, 0.717) is 19.0 Å². The highest BCUT2D eigenvalue weighted by Crippen LogP contribution is 2.44. The topological polar surface area (TPSA) is 49.6 Å². The van der Waals surface area contributed by atoms with Crippen LogP contribution in [0.3, 0.4) is 0 Å². The molecular formula is C20H19N3O2. The predicted molar refractivity (Wildman–Crippen MR) is 97.3 cm³/mol. The van der Waals surface area contributed by atoms with Crippen LogP contribution in [0, 0.1) is 6.92 Å². The van der Waals surface area contributed by atoms with Crippen LogP contribution in [-0.2, 0) is 0 Å². The standard InChI is InChI=1S/C20H19N3O2/c1-13-12-25-19-5-4-15(10-17(13)19)22-8-9-23(20(22)24)18-11-21-7-6-16(18)14-2-3-14/h4-7,10-12,14H,2-3,8-9H2,1H3. The molecule has 0 atom stereocenters. The number of hydrogen-bond acceptors (Lipinski definition) is 3. The maximum Gasteiger partial charge on any atom is 0.329 e. The highest BCUT2D eigenvalue weighted by molar-refractivity contribution is 6.07. The van der Waals surface area contributed by atoms with Gasteiger partial charge in [-0.25, -0.2) is 4.79 Å². The number of benzene rings is 1. The molecule has 0 spiro atoms. The van der Waals surface area contributed by atoms with E-state index in [1.54, 1.807) is 6.26 Å². The van der Waals surface area contributed by atoms with Gasteiger partial charge in [0.25, 0.3) is 0 Å². The Morgan fingerprint density at radius 1 is 1.16 bits per heavy atom. The number of carbonyl (C=O) groups excluding carboxylic acids is 1.